The molecule has 1 aliphatic rings. The summed E-state index contributed by atoms with van der Waals surface area (Å²) in [6, 6.07) is 2.75. The number of thiophene rings is 1. The second kappa shape index (κ2) is 2.99. The summed E-state index contributed by atoms with van der Waals surface area (Å²) in [4.78, 5) is 0.348. The Hall–Kier alpha value is -0.550. The molecule has 72 valence electrons. The first-order valence-electron chi connectivity index (χ1n) is 3.95. The fourth-order valence-electron chi connectivity index (χ4n) is 1.21. The zero-order chi connectivity index (χ0) is 9.47. The molecule has 0 amide bonds. The minimum atomic E-state index is -4.18. The lowest BCUT2D eigenvalue weighted by molar-refractivity contribution is -0.134. The third-order valence-corrected chi connectivity index (χ3v) is 3.38. The summed E-state index contributed by atoms with van der Waals surface area (Å²) < 4.78 is 36.5. The van der Waals surface area contributed by atoms with E-state index in [0.29, 0.717) is 5.92 Å². The van der Waals surface area contributed by atoms with Crippen molar-refractivity contribution in [2.75, 3.05) is 13.1 Å². The average molecular weight is 207 g/mol. The number of alkyl halides is 3. The van der Waals surface area contributed by atoms with E-state index < -0.39 is 11.1 Å². The highest BCUT2D eigenvalue weighted by Gasteiger charge is 2.33. The van der Waals surface area contributed by atoms with Crippen molar-refractivity contribution in [2.24, 2.45) is 0 Å². The monoisotopic (exact) mass is 207 g/mol. The number of hydrogen-bond donors (Lipinski definition) is 1. The smallest absolute Gasteiger partial charge is 0.315 e. The van der Waals surface area contributed by atoms with Gasteiger partial charge in [0.1, 0.15) is 4.88 Å². The van der Waals surface area contributed by atoms with Gasteiger partial charge >= 0.3 is 6.18 Å². The SMILES string of the molecule is FC(F)(F)c1ccc(C2CNC2)s1. The Morgan fingerprint density at radius 2 is 2.00 bits per heavy atom. The molecule has 0 bridgehead atoms. The minimum Gasteiger partial charge on any atom is -0.315 e. The van der Waals surface area contributed by atoms with Crippen LogP contribution in [0, 0.1) is 0 Å². The van der Waals surface area contributed by atoms with Gasteiger partial charge in [-0.1, -0.05) is 0 Å². The summed E-state index contributed by atoms with van der Waals surface area (Å²) in [5.74, 6) is 0.293. The second-order valence-electron chi connectivity index (χ2n) is 3.05. The van der Waals surface area contributed by atoms with Crippen LogP contribution < -0.4 is 5.32 Å². The summed E-state index contributed by atoms with van der Waals surface area (Å²) in [6.07, 6.45) is -4.18. The lowest BCUT2D eigenvalue weighted by atomic mass is 10.0. The van der Waals surface area contributed by atoms with Gasteiger partial charge in [0.05, 0.1) is 0 Å². The first-order valence-corrected chi connectivity index (χ1v) is 4.76. The van der Waals surface area contributed by atoms with Gasteiger partial charge in [-0.3, -0.25) is 0 Å². The highest BCUT2D eigenvalue weighted by Crippen LogP contribution is 2.37. The number of hydrogen-bond acceptors (Lipinski definition) is 2. The van der Waals surface area contributed by atoms with Gasteiger partial charge < -0.3 is 5.32 Å². The molecular weight excluding hydrogens is 199 g/mol. The quantitative estimate of drug-likeness (QED) is 0.745. The Morgan fingerprint density at radius 1 is 1.31 bits per heavy atom. The Labute approximate surface area is 77.6 Å². The molecule has 5 heteroatoms. The summed E-state index contributed by atoms with van der Waals surface area (Å²) in [5.41, 5.74) is 0. The van der Waals surface area contributed by atoms with Crippen LogP contribution in [-0.2, 0) is 6.18 Å². The van der Waals surface area contributed by atoms with Gasteiger partial charge in [-0.15, -0.1) is 11.3 Å². The predicted molar refractivity (Wildman–Crippen MR) is 44.9 cm³/mol. The van der Waals surface area contributed by atoms with Crippen molar-refractivity contribution in [2.45, 2.75) is 12.1 Å². The zero-order valence-electron chi connectivity index (χ0n) is 6.69. The molecule has 2 rings (SSSR count). The largest absolute Gasteiger partial charge is 0.425 e. The van der Waals surface area contributed by atoms with Crippen LogP contribution in [0.25, 0.3) is 0 Å². The van der Waals surface area contributed by atoms with Crippen molar-refractivity contribution >= 4 is 11.3 Å². The highest BCUT2D eigenvalue weighted by molar-refractivity contribution is 7.12. The fraction of sp³-hybridized carbons (Fsp3) is 0.500. The normalized spacial score (nSPS) is 18.7. The zero-order valence-corrected chi connectivity index (χ0v) is 7.50. The summed E-state index contributed by atoms with van der Waals surface area (Å²) in [6.45, 7) is 1.61. The Bertz CT molecular complexity index is 301. The summed E-state index contributed by atoms with van der Waals surface area (Å²) in [5, 5.41) is 3.03. The van der Waals surface area contributed by atoms with E-state index in [1.165, 1.54) is 0 Å². The second-order valence-corrected chi connectivity index (χ2v) is 4.17. The van der Waals surface area contributed by atoms with Crippen molar-refractivity contribution in [3.05, 3.63) is 21.9 Å². The van der Waals surface area contributed by atoms with E-state index in [2.05, 4.69) is 5.32 Å². The molecule has 0 radical (unpaired) electrons. The van der Waals surface area contributed by atoms with E-state index in [1.807, 2.05) is 0 Å². The Balaban J connectivity index is 2.17. The topological polar surface area (TPSA) is 12.0 Å². The molecule has 1 aromatic rings. The van der Waals surface area contributed by atoms with Gasteiger partial charge in [0.2, 0.25) is 0 Å². The molecule has 1 saturated heterocycles. The average Bonchev–Trinajstić information content (AvgIpc) is 2.29. The highest BCUT2D eigenvalue weighted by atomic mass is 32.1. The maximum absolute atomic E-state index is 12.2. The molecular formula is C8H8F3NS. The van der Waals surface area contributed by atoms with E-state index in [4.69, 9.17) is 0 Å². The third-order valence-electron chi connectivity index (χ3n) is 2.09. The number of halogens is 3. The molecule has 1 aliphatic heterocycles. The van der Waals surface area contributed by atoms with Crippen molar-refractivity contribution in [1.29, 1.82) is 0 Å². The molecule has 0 saturated carbocycles. The number of rotatable bonds is 1. The molecule has 0 unspecified atom stereocenters. The van der Waals surface area contributed by atoms with Crippen LogP contribution in [-0.4, -0.2) is 13.1 Å². The van der Waals surface area contributed by atoms with E-state index in [0.717, 1.165) is 35.4 Å². The molecule has 0 aromatic carbocycles. The van der Waals surface area contributed by atoms with Crippen LogP contribution in [0.1, 0.15) is 15.7 Å². The molecule has 13 heavy (non-hydrogen) atoms. The van der Waals surface area contributed by atoms with Crippen LogP contribution in [0.5, 0.6) is 0 Å². The first-order chi connectivity index (χ1) is 6.07. The maximum Gasteiger partial charge on any atom is 0.425 e. The molecule has 0 spiro atoms. The van der Waals surface area contributed by atoms with Crippen molar-refractivity contribution < 1.29 is 13.2 Å². The molecule has 1 nitrogen and oxygen atoms in total. The van der Waals surface area contributed by atoms with Gasteiger partial charge in [-0.05, 0) is 12.1 Å². The molecule has 0 aliphatic carbocycles. The van der Waals surface area contributed by atoms with Crippen molar-refractivity contribution in [3.8, 4) is 0 Å². The van der Waals surface area contributed by atoms with E-state index in [9.17, 15) is 13.2 Å². The molecule has 1 N–H and O–H groups in total. The minimum absolute atomic E-state index is 0.293. The van der Waals surface area contributed by atoms with Crippen LogP contribution in [0.3, 0.4) is 0 Å². The summed E-state index contributed by atoms with van der Waals surface area (Å²) >= 11 is 0.859. The van der Waals surface area contributed by atoms with Crippen LogP contribution in [0.15, 0.2) is 12.1 Å². The third kappa shape index (κ3) is 1.71. The standard InChI is InChI=1S/C8H8F3NS/c9-8(10,11)7-2-1-6(13-7)5-3-12-4-5/h1-2,5,12H,3-4H2. The van der Waals surface area contributed by atoms with Gasteiger partial charge in [0.25, 0.3) is 0 Å². The molecule has 2 heterocycles. The van der Waals surface area contributed by atoms with Crippen LogP contribution >= 0.6 is 11.3 Å². The summed E-state index contributed by atoms with van der Waals surface area (Å²) in [7, 11) is 0. The first kappa shape index (κ1) is 9.02. The van der Waals surface area contributed by atoms with E-state index in [-0.39, 0.29) is 0 Å². The van der Waals surface area contributed by atoms with Gasteiger partial charge in [0, 0.05) is 23.9 Å². The van der Waals surface area contributed by atoms with Gasteiger partial charge in [-0.2, -0.15) is 13.2 Å². The molecule has 1 aromatic heterocycles. The lowest BCUT2D eigenvalue weighted by Gasteiger charge is -2.25. The number of nitrogens with one attached hydrogen (secondary N) is 1. The van der Waals surface area contributed by atoms with Crippen LogP contribution in [0.4, 0.5) is 13.2 Å². The van der Waals surface area contributed by atoms with Gasteiger partial charge in [0.15, 0.2) is 0 Å². The molecule has 0 atom stereocenters. The maximum atomic E-state index is 12.2. The van der Waals surface area contributed by atoms with Gasteiger partial charge in [-0.25, -0.2) is 0 Å². The van der Waals surface area contributed by atoms with Crippen molar-refractivity contribution in [1.82, 2.24) is 5.32 Å². The fourth-order valence-corrected chi connectivity index (χ4v) is 2.19. The lowest BCUT2D eigenvalue weighted by Crippen LogP contribution is -2.39. The Morgan fingerprint density at radius 3 is 2.38 bits per heavy atom. The predicted octanol–water partition coefficient (Wildman–Crippen LogP) is 2.45. The molecule has 1 fully saturated rings. The Kier molecular flexibility index (Phi) is 2.08. The van der Waals surface area contributed by atoms with Crippen molar-refractivity contribution in [3.63, 3.8) is 0 Å². The van der Waals surface area contributed by atoms with Crippen LogP contribution in [0.2, 0.25) is 0 Å². The van der Waals surface area contributed by atoms with E-state index >= 15 is 0 Å². The van der Waals surface area contributed by atoms with E-state index in [1.54, 1.807) is 6.07 Å².